The van der Waals surface area contributed by atoms with Crippen molar-refractivity contribution in [3.05, 3.63) is 83.6 Å². The van der Waals surface area contributed by atoms with Gasteiger partial charge in [-0.3, -0.25) is 14.0 Å². The third kappa shape index (κ3) is 4.92. The van der Waals surface area contributed by atoms with Crippen LogP contribution in [0.25, 0.3) is 5.65 Å². The zero-order valence-corrected chi connectivity index (χ0v) is 17.6. The highest BCUT2D eigenvalue weighted by molar-refractivity contribution is 7.99. The SMILES string of the molecule is Cc1cccc(NC(=O)c2ccc3nnc(SCC(=O)Nc4cc(F)ccc4F)n3c2)c1. The summed E-state index contributed by atoms with van der Waals surface area (Å²) in [6.45, 7) is 1.93. The van der Waals surface area contributed by atoms with E-state index in [1.165, 1.54) is 0 Å². The second-order valence-electron chi connectivity index (χ2n) is 6.91. The van der Waals surface area contributed by atoms with Crippen molar-refractivity contribution in [2.45, 2.75) is 12.1 Å². The summed E-state index contributed by atoms with van der Waals surface area (Å²) in [5, 5.41) is 13.6. The van der Waals surface area contributed by atoms with Crippen LogP contribution in [0.3, 0.4) is 0 Å². The predicted molar refractivity (Wildman–Crippen MR) is 118 cm³/mol. The molecule has 2 heterocycles. The maximum atomic E-state index is 13.7. The van der Waals surface area contributed by atoms with Gasteiger partial charge >= 0.3 is 0 Å². The summed E-state index contributed by atoms with van der Waals surface area (Å²) >= 11 is 1.05. The van der Waals surface area contributed by atoms with Gasteiger partial charge in [0.15, 0.2) is 10.8 Å². The Morgan fingerprint density at radius 1 is 1.03 bits per heavy atom. The first-order chi connectivity index (χ1) is 15.4. The van der Waals surface area contributed by atoms with Gasteiger partial charge < -0.3 is 10.6 Å². The van der Waals surface area contributed by atoms with Crippen LogP contribution in [0, 0.1) is 18.6 Å². The maximum Gasteiger partial charge on any atom is 0.257 e. The number of rotatable bonds is 6. The Kier molecular flexibility index (Phi) is 6.13. The van der Waals surface area contributed by atoms with Crippen molar-refractivity contribution in [1.82, 2.24) is 14.6 Å². The quantitative estimate of drug-likeness (QED) is 0.425. The van der Waals surface area contributed by atoms with Crippen molar-refractivity contribution < 1.29 is 18.4 Å². The molecule has 2 aromatic heterocycles. The maximum absolute atomic E-state index is 13.7. The van der Waals surface area contributed by atoms with Gasteiger partial charge in [-0.2, -0.15) is 0 Å². The monoisotopic (exact) mass is 453 g/mol. The molecule has 162 valence electrons. The van der Waals surface area contributed by atoms with Gasteiger partial charge in [-0.1, -0.05) is 23.9 Å². The molecule has 0 fully saturated rings. The summed E-state index contributed by atoms with van der Waals surface area (Å²) in [7, 11) is 0. The fourth-order valence-electron chi connectivity index (χ4n) is 2.94. The Hall–Kier alpha value is -3.79. The summed E-state index contributed by atoms with van der Waals surface area (Å²) in [5.41, 5.74) is 2.33. The number of nitrogens with zero attached hydrogens (tertiary/aromatic N) is 3. The molecule has 0 aliphatic heterocycles. The number of carbonyl (C=O) groups is 2. The number of aromatic nitrogens is 3. The third-order valence-corrected chi connectivity index (χ3v) is 5.39. The number of anilines is 2. The topological polar surface area (TPSA) is 88.4 Å². The second kappa shape index (κ2) is 9.15. The van der Waals surface area contributed by atoms with E-state index in [0.717, 1.165) is 35.5 Å². The summed E-state index contributed by atoms with van der Waals surface area (Å²) in [4.78, 5) is 24.8. The van der Waals surface area contributed by atoms with E-state index >= 15 is 0 Å². The zero-order chi connectivity index (χ0) is 22.7. The lowest BCUT2D eigenvalue weighted by Crippen LogP contribution is -2.15. The number of pyridine rings is 1. The van der Waals surface area contributed by atoms with Gasteiger partial charge in [0.2, 0.25) is 5.91 Å². The van der Waals surface area contributed by atoms with Gasteiger partial charge in [-0.05, 0) is 48.9 Å². The van der Waals surface area contributed by atoms with Crippen LogP contribution in [0.15, 0.2) is 66.0 Å². The molecular formula is C22H17F2N5O2S. The van der Waals surface area contributed by atoms with Crippen molar-refractivity contribution in [2.75, 3.05) is 16.4 Å². The first-order valence-electron chi connectivity index (χ1n) is 9.49. The Labute approximate surface area is 185 Å². The van der Waals surface area contributed by atoms with Crippen LogP contribution >= 0.6 is 11.8 Å². The molecule has 2 aromatic carbocycles. The minimum Gasteiger partial charge on any atom is -0.323 e. The molecule has 10 heteroatoms. The van der Waals surface area contributed by atoms with E-state index in [-0.39, 0.29) is 17.3 Å². The van der Waals surface area contributed by atoms with E-state index in [0.29, 0.717) is 22.1 Å². The number of carbonyl (C=O) groups excluding carboxylic acids is 2. The largest absolute Gasteiger partial charge is 0.323 e. The minimum absolute atomic E-state index is 0.115. The number of hydrogen-bond donors (Lipinski definition) is 2. The average Bonchev–Trinajstić information content (AvgIpc) is 3.17. The van der Waals surface area contributed by atoms with E-state index in [1.807, 2.05) is 25.1 Å². The lowest BCUT2D eigenvalue weighted by Gasteiger charge is -2.07. The molecule has 0 radical (unpaired) electrons. The van der Waals surface area contributed by atoms with Crippen molar-refractivity contribution in [3.8, 4) is 0 Å². The second-order valence-corrected chi connectivity index (χ2v) is 7.86. The Morgan fingerprint density at radius 3 is 2.69 bits per heavy atom. The van der Waals surface area contributed by atoms with E-state index in [2.05, 4.69) is 20.8 Å². The van der Waals surface area contributed by atoms with Gasteiger partial charge in [0.05, 0.1) is 17.0 Å². The fraction of sp³-hybridized carbons (Fsp3) is 0.0909. The molecule has 4 aromatic rings. The molecule has 0 aliphatic carbocycles. The van der Waals surface area contributed by atoms with Crippen molar-refractivity contribution in [2.24, 2.45) is 0 Å². The molecule has 0 unspecified atom stereocenters. The first kappa shape index (κ1) is 21.4. The van der Waals surface area contributed by atoms with Crippen LogP contribution in [0.5, 0.6) is 0 Å². The number of thioether (sulfide) groups is 1. The lowest BCUT2D eigenvalue weighted by molar-refractivity contribution is -0.113. The van der Waals surface area contributed by atoms with Crippen LogP contribution in [0.2, 0.25) is 0 Å². The first-order valence-corrected chi connectivity index (χ1v) is 10.5. The number of amides is 2. The standard InChI is InChI=1S/C22H17F2N5O2S/c1-13-3-2-4-16(9-13)25-21(31)14-5-8-19-27-28-22(29(19)11-14)32-12-20(30)26-18-10-15(23)6-7-17(18)24/h2-11H,12H2,1H3,(H,25,31)(H,26,30). The number of halogens is 2. The van der Waals surface area contributed by atoms with Crippen LogP contribution in [-0.2, 0) is 4.79 Å². The lowest BCUT2D eigenvalue weighted by atomic mass is 10.2. The zero-order valence-electron chi connectivity index (χ0n) is 16.8. The highest BCUT2D eigenvalue weighted by atomic mass is 32.2. The minimum atomic E-state index is -0.734. The van der Waals surface area contributed by atoms with Gasteiger partial charge in [0.1, 0.15) is 11.6 Å². The summed E-state index contributed by atoms with van der Waals surface area (Å²) in [6.07, 6.45) is 1.58. The Balaban J connectivity index is 1.46. The molecule has 2 N–H and O–H groups in total. The summed E-state index contributed by atoms with van der Waals surface area (Å²) < 4.78 is 28.6. The molecule has 0 spiro atoms. The normalized spacial score (nSPS) is 10.8. The van der Waals surface area contributed by atoms with Crippen LogP contribution in [0.1, 0.15) is 15.9 Å². The highest BCUT2D eigenvalue weighted by Crippen LogP contribution is 2.20. The molecular weight excluding hydrogens is 436 g/mol. The number of benzene rings is 2. The molecule has 4 rings (SSSR count). The molecule has 0 atom stereocenters. The fourth-order valence-corrected chi connectivity index (χ4v) is 3.65. The van der Waals surface area contributed by atoms with Gasteiger partial charge in [-0.25, -0.2) is 8.78 Å². The van der Waals surface area contributed by atoms with Crippen molar-refractivity contribution in [1.29, 1.82) is 0 Å². The van der Waals surface area contributed by atoms with Gasteiger partial charge in [0, 0.05) is 18.0 Å². The number of aryl methyl sites for hydroxylation is 1. The summed E-state index contributed by atoms with van der Waals surface area (Å²) in [6, 6.07) is 13.5. The van der Waals surface area contributed by atoms with Crippen molar-refractivity contribution in [3.63, 3.8) is 0 Å². The number of hydrogen-bond acceptors (Lipinski definition) is 5. The van der Waals surface area contributed by atoms with Crippen LogP contribution < -0.4 is 10.6 Å². The van der Waals surface area contributed by atoms with Gasteiger partial charge in [-0.15, -0.1) is 10.2 Å². The predicted octanol–water partition coefficient (Wildman–Crippen LogP) is 4.30. The third-order valence-electron chi connectivity index (χ3n) is 4.44. The molecule has 0 aliphatic rings. The van der Waals surface area contributed by atoms with Gasteiger partial charge in [0.25, 0.3) is 5.91 Å². The molecule has 2 amide bonds. The molecule has 0 bridgehead atoms. The Bertz CT molecular complexity index is 1320. The van der Waals surface area contributed by atoms with E-state index < -0.39 is 17.5 Å². The molecule has 0 saturated carbocycles. The number of nitrogens with one attached hydrogen (secondary N) is 2. The highest BCUT2D eigenvalue weighted by Gasteiger charge is 2.14. The van der Waals surface area contributed by atoms with Crippen LogP contribution in [-0.4, -0.2) is 32.2 Å². The average molecular weight is 453 g/mol. The van der Waals surface area contributed by atoms with Crippen molar-refractivity contribution >= 4 is 40.6 Å². The Morgan fingerprint density at radius 2 is 1.88 bits per heavy atom. The summed E-state index contributed by atoms with van der Waals surface area (Å²) in [5.74, 6) is -2.35. The van der Waals surface area contributed by atoms with Crippen LogP contribution in [0.4, 0.5) is 20.2 Å². The smallest absolute Gasteiger partial charge is 0.257 e. The van der Waals surface area contributed by atoms with E-state index in [9.17, 15) is 18.4 Å². The van der Waals surface area contributed by atoms with E-state index in [4.69, 9.17) is 0 Å². The molecule has 32 heavy (non-hydrogen) atoms. The van der Waals surface area contributed by atoms with E-state index in [1.54, 1.807) is 28.8 Å². The number of fused-ring (bicyclic) bond motifs is 1. The molecule has 7 nitrogen and oxygen atoms in total. The molecule has 0 saturated heterocycles.